The summed E-state index contributed by atoms with van der Waals surface area (Å²) < 4.78 is 14.7. The van der Waals surface area contributed by atoms with Gasteiger partial charge in [-0.05, 0) is 53.9 Å². The van der Waals surface area contributed by atoms with Crippen LogP contribution in [0, 0.1) is 5.82 Å². The molecule has 0 saturated carbocycles. The highest BCUT2D eigenvalue weighted by Gasteiger charge is 2.10. The molecule has 0 amide bonds. The molecule has 0 spiro atoms. The summed E-state index contributed by atoms with van der Waals surface area (Å²) >= 11 is 0. The topological polar surface area (TPSA) is 15.6 Å². The molecule has 1 aliphatic heterocycles. The van der Waals surface area contributed by atoms with Crippen LogP contribution >= 0.6 is 0 Å². The van der Waals surface area contributed by atoms with E-state index in [4.69, 9.17) is 0 Å². The number of halogens is 1. The molecule has 27 heavy (non-hydrogen) atoms. The highest BCUT2D eigenvalue weighted by atomic mass is 19.1. The molecule has 0 fully saturated rings. The van der Waals surface area contributed by atoms with Gasteiger partial charge in [-0.2, -0.15) is 0 Å². The second kappa shape index (κ2) is 7.20. The van der Waals surface area contributed by atoms with Crippen LogP contribution in [0.25, 0.3) is 23.4 Å². The summed E-state index contributed by atoms with van der Waals surface area (Å²) in [7, 11) is 1.98. The van der Waals surface area contributed by atoms with Crippen LogP contribution in [0.15, 0.2) is 71.7 Å². The Morgan fingerprint density at radius 3 is 2.52 bits per heavy atom. The van der Waals surface area contributed by atoms with Crippen molar-refractivity contribution in [2.45, 2.75) is 13.5 Å². The predicted octanol–water partition coefficient (Wildman–Crippen LogP) is 4.53. The Morgan fingerprint density at radius 1 is 1.00 bits per heavy atom. The Bertz CT molecular complexity index is 1150. The number of rotatable bonds is 5. The standard InChI is InChI=1S/C24H21FN2/c1-3-5-17-6-4-7-22(12-17)27(2)16-20-9-8-19(14-23(20)25)18-10-11-24-21(13-18)15-26-24/h3-15H,16H2,1-2H3/b5-3+. The zero-order valence-electron chi connectivity index (χ0n) is 15.5. The van der Waals surface area contributed by atoms with Crippen molar-refractivity contribution in [2.24, 2.45) is 4.99 Å². The van der Waals surface area contributed by atoms with Gasteiger partial charge in [0.05, 0.1) is 5.36 Å². The lowest BCUT2D eigenvalue weighted by Gasteiger charge is -2.20. The third-order valence-electron chi connectivity index (χ3n) is 4.83. The lowest BCUT2D eigenvalue weighted by molar-refractivity contribution is 0.608. The first-order valence-electron chi connectivity index (χ1n) is 9.05. The second-order valence-electron chi connectivity index (χ2n) is 6.79. The van der Waals surface area contributed by atoms with Gasteiger partial charge >= 0.3 is 0 Å². The summed E-state index contributed by atoms with van der Waals surface area (Å²) in [4.78, 5) is 6.23. The summed E-state index contributed by atoms with van der Waals surface area (Å²) in [5.74, 6) is -0.180. The minimum absolute atomic E-state index is 0.180. The van der Waals surface area contributed by atoms with Crippen molar-refractivity contribution < 1.29 is 4.39 Å². The van der Waals surface area contributed by atoms with E-state index in [2.05, 4.69) is 34.2 Å². The van der Waals surface area contributed by atoms with E-state index in [9.17, 15) is 4.39 Å². The van der Waals surface area contributed by atoms with Gasteiger partial charge in [0.15, 0.2) is 0 Å². The van der Waals surface area contributed by atoms with Gasteiger partial charge in [-0.15, -0.1) is 0 Å². The van der Waals surface area contributed by atoms with Gasteiger partial charge < -0.3 is 4.90 Å². The minimum Gasteiger partial charge on any atom is -0.370 e. The fourth-order valence-electron chi connectivity index (χ4n) is 3.29. The van der Waals surface area contributed by atoms with Crippen molar-refractivity contribution >= 4 is 18.0 Å². The highest BCUT2D eigenvalue weighted by Crippen LogP contribution is 2.23. The van der Waals surface area contributed by atoms with Gasteiger partial charge in [0, 0.05) is 36.3 Å². The van der Waals surface area contributed by atoms with Gasteiger partial charge in [-0.25, -0.2) is 4.39 Å². The zero-order chi connectivity index (χ0) is 18.8. The Morgan fingerprint density at radius 2 is 1.81 bits per heavy atom. The van der Waals surface area contributed by atoms with Gasteiger partial charge in [-0.3, -0.25) is 4.99 Å². The smallest absolute Gasteiger partial charge is 0.128 e. The molecule has 1 aliphatic rings. The number of hydrogen-bond acceptors (Lipinski definition) is 2. The van der Waals surface area contributed by atoms with Crippen molar-refractivity contribution in [1.29, 1.82) is 0 Å². The number of hydrogen-bond donors (Lipinski definition) is 0. The van der Waals surface area contributed by atoms with Gasteiger partial charge in [-0.1, -0.05) is 42.5 Å². The maximum Gasteiger partial charge on any atom is 0.128 e. The van der Waals surface area contributed by atoms with Crippen LogP contribution in [0.2, 0.25) is 0 Å². The molecular formula is C24H21FN2. The van der Waals surface area contributed by atoms with Crippen LogP contribution in [-0.4, -0.2) is 7.05 Å². The van der Waals surface area contributed by atoms with E-state index in [0.29, 0.717) is 12.1 Å². The largest absolute Gasteiger partial charge is 0.370 e. The number of benzene rings is 3. The van der Waals surface area contributed by atoms with Crippen molar-refractivity contribution in [3.63, 3.8) is 0 Å². The third kappa shape index (κ3) is 3.54. The van der Waals surface area contributed by atoms with E-state index in [1.165, 1.54) is 0 Å². The molecule has 3 aromatic carbocycles. The number of fused-ring (bicyclic) bond motifs is 1. The van der Waals surface area contributed by atoms with Gasteiger partial charge in [0.2, 0.25) is 0 Å². The fraction of sp³-hybridized carbons (Fsp3) is 0.125. The molecular weight excluding hydrogens is 335 g/mol. The Labute approximate surface area is 158 Å². The Hall–Kier alpha value is -3.20. The first kappa shape index (κ1) is 17.2. The average molecular weight is 356 g/mol. The molecule has 0 saturated heterocycles. The summed E-state index contributed by atoms with van der Waals surface area (Å²) in [6, 6.07) is 19.7. The molecule has 2 nitrogen and oxygen atoms in total. The van der Waals surface area contributed by atoms with E-state index >= 15 is 0 Å². The van der Waals surface area contributed by atoms with Crippen LogP contribution in [0.3, 0.4) is 0 Å². The third-order valence-corrected chi connectivity index (χ3v) is 4.83. The van der Waals surface area contributed by atoms with Crippen LogP contribution in [0.5, 0.6) is 0 Å². The molecule has 1 heterocycles. The molecule has 0 unspecified atom stereocenters. The van der Waals surface area contributed by atoms with Gasteiger partial charge in [0.1, 0.15) is 5.82 Å². The van der Waals surface area contributed by atoms with E-state index in [1.807, 2.05) is 62.6 Å². The molecule has 3 aromatic rings. The normalized spacial score (nSPS) is 12.1. The Kier molecular flexibility index (Phi) is 4.59. The second-order valence-corrected chi connectivity index (χ2v) is 6.79. The first-order valence-corrected chi connectivity index (χ1v) is 9.05. The lowest BCUT2D eigenvalue weighted by atomic mass is 10.0. The van der Waals surface area contributed by atoms with Crippen LogP contribution in [-0.2, 0) is 6.54 Å². The molecule has 134 valence electrons. The fourth-order valence-corrected chi connectivity index (χ4v) is 3.29. The number of allylic oxidation sites excluding steroid dienone is 1. The molecule has 3 heteroatoms. The lowest BCUT2D eigenvalue weighted by Crippen LogP contribution is -2.30. The van der Waals surface area contributed by atoms with Crippen LogP contribution < -0.4 is 15.5 Å². The summed E-state index contributed by atoms with van der Waals surface area (Å²) in [5.41, 5.74) is 4.79. The van der Waals surface area contributed by atoms with E-state index in [-0.39, 0.29) is 5.82 Å². The molecule has 0 aliphatic carbocycles. The molecule has 0 radical (unpaired) electrons. The first-order chi connectivity index (χ1) is 13.1. The maximum atomic E-state index is 14.7. The molecule has 0 bridgehead atoms. The summed E-state index contributed by atoms with van der Waals surface area (Å²) in [6.07, 6.45) is 5.91. The average Bonchev–Trinajstić information content (AvgIpc) is 2.65. The highest BCUT2D eigenvalue weighted by molar-refractivity contribution is 5.65. The van der Waals surface area contributed by atoms with E-state index < -0.39 is 0 Å². The minimum atomic E-state index is -0.180. The number of anilines is 1. The molecule has 0 atom stereocenters. The quantitative estimate of drug-likeness (QED) is 0.656. The molecule has 4 rings (SSSR count). The molecule has 0 aromatic heterocycles. The summed E-state index contributed by atoms with van der Waals surface area (Å²) in [6.45, 7) is 2.52. The van der Waals surface area contributed by atoms with E-state index in [0.717, 1.165) is 33.0 Å². The van der Waals surface area contributed by atoms with Crippen molar-refractivity contribution in [1.82, 2.24) is 0 Å². The van der Waals surface area contributed by atoms with Crippen molar-refractivity contribution in [3.8, 4) is 11.1 Å². The number of nitrogens with zero attached hydrogens (tertiary/aromatic N) is 2. The summed E-state index contributed by atoms with van der Waals surface area (Å²) in [5, 5.41) is 2.11. The zero-order valence-corrected chi connectivity index (χ0v) is 15.5. The van der Waals surface area contributed by atoms with Crippen molar-refractivity contribution in [2.75, 3.05) is 11.9 Å². The SMILES string of the molecule is C/C=C/c1cccc(N(C)Cc2ccc(-c3ccc4c(c3)=CN=4)cc2F)c1. The van der Waals surface area contributed by atoms with Gasteiger partial charge in [0.25, 0.3) is 0 Å². The van der Waals surface area contributed by atoms with Crippen LogP contribution in [0.1, 0.15) is 18.1 Å². The van der Waals surface area contributed by atoms with E-state index in [1.54, 1.807) is 6.07 Å². The van der Waals surface area contributed by atoms with Crippen LogP contribution in [0.4, 0.5) is 10.1 Å². The monoisotopic (exact) mass is 356 g/mol. The van der Waals surface area contributed by atoms with Crippen molar-refractivity contribution in [3.05, 3.63) is 94.3 Å². The Balaban J connectivity index is 1.56. The predicted molar refractivity (Wildman–Crippen MR) is 110 cm³/mol. The maximum absolute atomic E-state index is 14.7. The molecule has 0 N–H and O–H groups in total.